The number of halogens is 2. The van der Waals surface area contributed by atoms with Crippen LogP contribution in [0.4, 0.5) is 9.41 Å². The average Bonchev–Trinajstić information content (AvgIpc) is 0.811. The summed E-state index contributed by atoms with van der Waals surface area (Å²) in [6, 6.07) is 0. The number of rotatable bonds is 0. The molecule has 0 saturated heterocycles. The summed E-state index contributed by atoms with van der Waals surface area (Å²) in [6.07, 6.45) is 0. The lowest BCUT2D eigenvalue weighted by molar-refractivity contribution is 1.08. The van der Waals surface area contributed by atoms with Crippen LogP contribution in [0.3, 0.4) is 0 Å². The van der Waals surface area contributed by atoms with Gasteiger partial charge >= 0.3 is 0 Å². The van der Waals surface area contributed by atoms with E-state index in [-0.39, 0.29) is 9.41 Å². The molecule has 0 spiro atoms. The molecule has 0 amide bonds. The topological polar surface area (TPSA) is 0 Å². The fraction of sp³-hybridized carbons (Fsp3) is 1.00. The summed E-state index contributed by atoms with van der Waals surface area (Å²) in [5, 5.41) is 0. The molecule has 0 saturated carbocycles. The first-order valence-corrected chi connectivity index (χ1v) is 2.15. The summed E-state index contributed by atoms with van der Waals surface area (Å²) in [4.78, 5) is 0. The van der Waals surface area contributed by atoms with Gasteiger partial charge in [-0.3, -0.25) is 9.41 Å². The van der Waals surface area contributed by atoms with Gasteiger partial charge in [0.2, 0.25) is 0 Å². The van der Waals surface area contributed by atoms with Crippen LogP contribution in [0.2, 0.25) is 4.78 Å². The van der Waals surface area contributed by atoms with E-state index in [0.29, 0.717) is 0 Å². The Kier molecular flexibility index (Phi) is 24.3. The third-order valence-electron chi connectivity index (χ3n) is 0. The molecule has 0 aromatic carbocycles. The highest BCUT2D eigenvalue weighted by molar-refractivity contribution is 6.10. The molecule has 0 aliphatic carbocycles. The third kappa shape index (κ3) is 328. The van der Waals surface area contributed by atoms with Crippen LogP contribution in [0.5, 0.6) is 0 Å². The van der Waals surface area contributed by atoms with Gasteiger partial charge in [-0.1, -0.05) is 13.8 Å². The zero-order chi connectivity index (χ0) is 3.58. The van der Waals surface area contributed by atoms with Crippen molar-refractivity contribution in [3.05, 3.63) is 0 Å². The van der Waals surface area contributed by atoms with Crippen molar-refractivity contribution in [1.29, 1.82) is 0 Å². The first-order valence-electron chi connectivity index (χ1n) is 1.49. The second-order valence-electron chi connectivity index (χ2n) is 1.24. The van der Waals surface area contributed by atoms with Gasteiger partial charge < -0.3 is 0 Å². The van der Waals surface area contributed by atoms with Crippen molar-refractivity contribution in [1.82, 2.24) is 0 Å². The van der Waals surface area contributed by atoms with E-state index in [0.717, 1.165) is 4.78 Å². The fourth-order valence-corrected chi connectivity index (χ4v) is 0. The highest BCUT2D eigenvalue weighted by Crippen LogP contribution is 1.84. The zero-order valence-electron chi connectivity index (χ0n) is 3.97. The molecular formula is C3H9AlF2. The normalized spacial score (nSPS) is 5.83. The largest absolute Gasteiger partial charge is 0.269 e. The average molecular weight is 110 g/mol. The lowest BCUT2D eigenvalue weighted by Gasteiger charge is -1.80. The molecule has 0 aliphatic rings. The Morgan fingerprint density at radius 3 is 1.17 bits per heavy atom. The van der Waals surface area contributed by atoms with Gasteiger partial charge in [0, 0.05) is 0 Å². The maximum Gasteiger partial charge on any atom is 0.122 e. The highest BCUT2D eigenvalue weighted by Gasteiger charge is 1.68. The van der Waals surface area contributed by atoms with E-state index in [2.05, 4.69) is 30.1 Å². The van der Waals surface area contributed by atoms with Gasteiger partial charge in [-0.15, -0.1) is 4.78 Å². The first kappa shape index (κ1) is 16.2. The van der Waals surface area contributed by atoms with Crippen LogP contribution in [-0.4, -0.2) is 16.3 Å². The second-order valence-corrected chi connectivity index (χ2v) is 2.58. The molecule has 6 heavy (non-hydrogen) atoms. The van der Waals surface area contributed by atoms with Crippen molar-refractivity contribution in [2.24, 2.45) is 0 Å². The van der Waals surface area contributed by atoms with E-state index >= 15 is 0 Å². The van der Waals surface area contributed by atoms with Gasteiger partial charge in [-0.2, -0.15) is 0 Å². The monoisotopic (exact) mass is 110 g/mol. The number of hydrogen-bond donors (Lipinski definition) is 0. The Morgan fingerprint density at radius 2 is 1.17 bits per heavy atom. The SMILES string of the molecule is C[CH](C)[Al].F.F. The van der Waals surface area contributed by atoms with Gasteiger partial charge in [-0.25, -0.2) is 0 Å². The Bertz CT molecular complexity index is 13.5. The Labute approximate surface area is 45.1 Å². The lowest BCUT2D eigenvalue weighted by atomic mass is 10.6. The predicted molar refractivity (Wildman–Crippen MR) is 25.9 cm³/mol. The molecule has 0 nitrogen and oxygen atoms in total. The predicted octanol–water partition coefficient (Wildman–Crippen LogP) is 1.29. The van der Waals surface area contributed by atoms with Crippen molar-refractivity contribution >= 4 is 16.3 Å². The minimum absolute atomic E-state index is 0. The van der Waals surface area contributed by atoms with Gasteiger partial charge in [0.1, 0.15) is 16.3 Å². The Hall–Kier alpha value is 0.392. The van der Waals surface area contributed by atoms with Crippen molar-refractivity contribution < 1.29 is 9.41 Å². The first-order chi connectivity index (χ1) is 1.73. The molecule has 0 aliphatic heterocycles. The highest BCUT2D eigenvalue weighted by atomic mass is 27.0. The molecule has 0 aromatic heterocycles. The Balaban J connectivity index is -0.0000000450. The molecule has 0 N–H and O–H groups in total. The standard InChI is InChI=1S/C3H7.Al.2FH/c1-3-2;;;/h3H,1-2H3;;2*1H. The minimum Gasteiger partial charge on any atom is -0.269 e. The van der Waals surface area contributed by atoms with Crippen LogP contribution in [0.25, 0.3) is 0 Å². The molecule has 3 heteroatoms. The van der Waals surface area contributed by atoms with Crippen LogP contribution in [0.15, 0.2) is 0 Å². The maximum atomic E-state index is 2.66. The molecule has 0 bridgehead atoms. The van der Waals surface area contributed by atoms with Crippen molar-refractivity contribution in [3.8, 4) is 0 Å². The molecule has 0 rings (SSSR count). The molecule has 38 valence electrons. The van der Waals surface area contributed by atoms with Crippen LogP contribution in [0.1, 0.15) is 13.8 Å². The maximum absolute atomic E-state index is 2.66. The van der Waals surface area contributed by atoms with Crippen LogP contribution >= 0.6 is 0 Å². The van der Waals surface area contributed by atoms with E-state index in [1.165, 1.54) is 0 Å². The molecule has 0 aromatic rings. The molecule has 0 atom stereocenters. The molecular weight excluding hydrogens is 101 g/mol. The van der Waals surface area contributed by atoms with Crippen LogP contribution in [-0.2, 0) is 0 Å². The Morgan fingerprint density at radius 1 is 1.17 bits per heavy atom. The molecule has 0 fully saturated rings. The van der Waals surface area contributed by atoms with E-state index in [9.17, 15) is 0 Å². The van der Waals surface area contributed by atoms with Gasteiger partial charge in [-0.05, 0) is 0 Å². The van der Waals surface area contributed by atoms with E-state index in [1.807, 2.05) is 0 Å². The van der Waals surface area contributed by atoms with E-state index < -0.39 is 0 Å². The fourth-order valence-electron chi connectivity index (χ4n) is 0. The zero-order valence-corrected chi connectivity index (χ0v) is 5.13. The molecule has 0 unspecified atom stereocenters. The number of hydrogen-bond acceptors (Lipinski definition) is 0. The van der Waals surface area contributed by atoms with E-state index in [1.54, 1.807) is 0 Å². The summed E-state index contributed by atoms with van der Waals surface area (Å²) in [7, 11) is 0. The smallest absolute Gasteiger partial charge is 0.122 e. The second kappa shape index (κ2) is 9.04. The van der Waals surface area contributed by atoms with Gasteiger partial charge in [0.25, 0.3) is 0 Å². The van der Waals surface area contributed by atoms with Crippen molar-refractivity contribution in [3.63, 3.8) is 0 Å². The van der Waals surface area contributed by atoms with Crippen molar-refractivity contribution in [2.75, 3.05) is 0 Å². The lowest BCUT2D eigenvalue weighted by Crippen LogP contribution is -1.67. The summed E-state index contributed by atoms with van der Waals surface area (Å²) in [5.41, 5.74) is 0. The van der Waals surface area contributed by atoms with Gasteiger partial charge in [0.05, 0.1) is 0 Å². The van der Waals surface area contributed by atoms with Crippen molar-refractivity contribution in [2.45, 2.75) is 18.6 Å². The quantitative estimate of drug-likeness (QED) is 0.412. The van der Waals surface area contributed by atoms with Crippen LogP contribution in [0, 0.1) is 0 Å². The summed E-state index contributed by atoms with van der Waals surface area (Å²) in [6.45, 7) is 4.26. The molecule has 0 heterocycles. The summed E-state index contributed by atoms with van der Waals surface area (Å²) in [5.74, 6) is 0. The minimum atomic E-state index is 0. The molecule has 2 radical (unpaired) electrons. The third-order valence-corrected chi connectivity index (χ3v) is 0. The van der Waals surface area contributed by atoms with Gasteiger partial charge in [0.15, 0.2) is 0 Å². The summed E-state index contributed by atoms with van der Waals surface area (Å²) >= 11 is 2.66. The summed E-state index contributed by atoms with van der Waals surface area (Å²) < 4.78 is 0.750. The van der Waals surface area contributed by atoms with E-state index in [4.69, 9.17) is 0 Å². The van der Waals surface area contributed by atoms with Crippen LogP contribution < -0.4 is 0 Å².